The van der Waals surface area contributed by atoms with Gasteiger partial charge in [-0.05, 0) is 44.9 Å². The molecule has 150 valence electrons. The van der Waals surface area contributed by atoms with Gasteiger partial charge in [-0.25, -0.2) is 4.79 Å². The van der Waals surface area contributed by atoms with E-state index in [9.17, 15) is 9.59 Å². The summed E-state index contributed by atoms with van der Waals surface area (Å²) in [6.45, 7) is 4.94. The highest BCUT2D eigenvalue weighted by molar-refractivity contribution is 5.96. The zero-order chi connectivity index (χ0) is 19.8. The Bertz CT molecular complexity index is 644. The second-order valence-electron chi connectivity index (χ2n) is 7.11. The van der Waals surface area contributed by atoms with Crippen molar-refractivity contribution in [1.82, 2.24) is 10.6 Å². The van der Waals surface area contributed by atoms with Gasteiger partial charge in [0.2, 0.25) is 0 Å². The van der Waals surface area contributed by atoms with Crippen molar-refractivity contribution in [3.63, 3.8) is 0 Å². The van der Waals surface area contributed by atoms with Gasteiger partial charge in [-0.2, -0.15) is 0 Å². The number of urea groups is 1. The fourth-order valence-electron chi connectivity index (χ4n) is 3.31. The zero-order valence-corrected chi connectivity index (χ0v) is 16.8. The summed E-state index contributed by atoms with van der Waals surface area (Å²) in [5.74, 6) is 1.10. The summed E-state index contributed by atoms with van der Waals surface area (Å²) < 4.78 is 10.9. The first-order valence-corrected chi connectivity index (χ1v) is 9.68. The molecule has 0 spiro atoms. The quantitative estimate of drug-likeness (QED) is 0.636. The van der Waals surface area contributed by atoms with Gasteiger partial charge in [0.1, 0.15) is 6.54 Å². The highest BCUT2D eigenvalue weighted by atomic mass is 16.5. The fourth-order valence-corrected chi connectivity index (χ4v) is 3.31. The monoisotopic (exact) mass is 378 g/mol. The SMILES string of the molecule is CCOc1ccc(C[NH+](C)[C@@H](C)C(=O)NC(=O)NC2CCCC2)cc1OC. The average molecular weight is 378 g/mol. The molecule has 27 heavy (non-hydrogen) atoms. The third-order valence-corrected chi connectivity index (χ3v) is 5.07. The van der Waals surface area contributed by atoms with E-state index in [1.54, 1.807) is 7.11 Å². The van der Waals surface area contributed by atoms with E-state index in [1.165, 1.54) is 0 Å². The van der Waals surface area contributed by atoms with E-state index < -0.39 is 6.03 Å². The molecule has 1 aromatic carbocycles. The van der Waals surface area contributed by atoms with Crippen LogP contribution in [-0.4, -0.2) is 44.8 Å². The lowest BCUT2D eigenvalue weighted by atomic mass is 10.1. The number of methoxy groups -OCH3 is 1. The van der Waals surface area contributed by atoms with Gasteiger partial charge in [0.25, 0.3) is 5.91 Å². The second-order valence-corrected chi connectivity index (χ2v) is 7.11. The molecule has 0 saturated heterocycles. The van der Waals surface area contributed by atoms with Crippen LogP contribution >= 0.6 is 0 Å². The molecule has 0 aromatic heterocycles. The van der Waals surface area contributed by atoms with Crippen molar-refractivity contribution in [3.8, 4) is 11.5 Å². The van der Waals surface area contributed by atoms with Crippen LogP contribution in [-0.2, 0) is 11.3 Å². The molecule has 0 bridgehead atoms. The molecule has 1 aliphatic rings. The van der Waals surface area contributed by atoms with Crippen LogP contribution in [0.1, 0.15) is 45.1 Å². The molecule has 1 aliphatic carbocycles. The number of imide groups is 1. The number of rotatable bonds is 8. The topological polar surface area (TPSA) is 81.1 Å². The van der Waals surface area contributed by atoms with Crippen LogP contribution in [0.15, 0.2) is 18.2 Å². The van der Waals surface area contributed by atoms with Gasteiger partial charge in [0, 0.05) is 11.6 Å². The summed E-state index contributed by atoms with van der Waals surface area (Å²) in [5, 5.41) is 5.34. The van der Waals surface area contributed by atoms with Crippen LogP contribution in [0.4, 0.5) is 4.79 Å². The molecule has 7 nitrogen and oxygen atoms in total. The minimum Gasteiger partial charge on any atom is -0.493 e. The smallest absolute Gasteiger partial charge is 0.321 e. The molecule has 1 fully saturated rings. The van der Waals surface area contributed by atoms with Crippen molar-refractivity contribution in [1.29, 1.82) is 0 Å². The lowest BCUT2D eigenvalue weighted by Crippen LogP contribution is -3.12. The molecule has 2 atom stereocenters. The van der Waals surface area contributed by atoms with Gasteiger partial charge in [0.05, 0.1) is 20.8 Å². The number of nitrogens with one attached hydrogen (secondary N) is 3. The van der Waals surface area contributed by atoms with Gasteiger partial charge >= 0.3 is 6.03 Å². The molecule has 1 saturated carbocycles. The molecule has 2 rings (SSSR count). The summed E-state index contributed by atoms with van der Waals surface area (Å²) in [7, 11) is 3.54. The van der Waals surface area contributed by atoms with E-state index in [2.05, 4.69) is 10.6 Å². The number of likely N-dealkylation sites (N-methyl/N-ethyl adjacent to an activating group) is 1. The number of quaternary nitrogens is 1. The lowest BCUT2D eigenvalue weighted by molar-refractivity contribution is -0.908. The van der Waals surface area contributed by atoms with Gasteiger partial charge in [-0.3, -0.25) is 10.1 Å². The number of carbonyl (C=O) groups excluding carboxylic acids is 2. The highest BCUT2D eigenvalue weighted by Gasteiger charge is 2.25. The Hall–Kier alpha value is -2.28. The van der Waals surface area contributed by atoms with Crippen molar-refractivity contribution in [3.05, 3.63) is 23.8 Å². The summed E-state index contributed by atoms with van der Waals surface area (Å²) in [6.07, 6.45) is 4.24. The number of ether oxygens (including phenoxy) is 2. The number of benzene rings is 1. The van der Waals surface area contributed by atoms with Crippen molar-refractivity contribution < 1.29 is 24.0 Å². The van der Waals surface area contributed by atoms with E-state index >= 15 is 0 Å². The first kappa shape index (κ1) is 21.0. The van der Waals surface area contributed by atoms with Crippen LogP contribution in [0.5, 0.6) is 11.5 Å². The Morgan fingerprint density at radius 1 is 1.26 bits per heavy atom. The molecule has 3 amide bonds. The third-order valence-electron chi connectivity index (χ3n) is 5.07. The summed E-state index contributed by atoms with van der Waals surface area (Å²) in [5.41, 5.74) is 1.03. The largest absolute Gasteiger partial charge is 0.493 e. The molecule has 1 aromatic rings. The minimum atomic E-state index is -0.394. The number of hydrogen-bond donors (Lipinski definition) is 3. The molecule has 0 radical (unpaired) electrons. The Kier molecular flexibility index (Phi) is 7.91. The third kappa shape index (κ3) is 6.13. The summed E-state index contributed by atoms with van der Waals surface area (Å²) in [4.78, 5) is 25.4. The van der Waals surface area contributed by atoms with Crippen LogP contribution in [0.3, 0.4) is 0 Å². The molecular weight excluding hydrogens is 346 g/mol. The molecular formula is C20H32N3O4+. The molecule has 7 heteroatoms. The molecule has 0 aliphatic heterocycles. The maximum Gasteiger partial charge on any atom is 0.321 e. The maximum absolute atomic E-state index is 12.4. The normalized spacial score (nSPS) is 16.4. The van der Waals surface area contributed by atoms with Gasteiger partial charge in [-0.15, -0.1) is 0 Å². The zero-order valence-electron chi connectivity index (χ0n) is 16.8. The Balaban J connectivity index is 1.89. The summed E-state index contributed by atoms with van der Waals surface area (Å²) in [6, 6.07) is 5.20. The van der Waals surface area contributed by atoms with Gasteiger partial charge in [-0.1, -0.05) is 12.8 Å². The lowest BCUT2D eigenvalue weighted by Gasteiger charge is -2.22. The maximum atomic E-state index is 12.4. The average Bonchev–Trinajstić information content (AvgIpc) is 3.15. The first-order valence-electron chi connectivity index (χ1n) is 9.68. The van der Waals surface area contributed by atoms with Gasteiger partial charge < -0.3 is 19.7 Å². The molecule has 0 heterocycles. The Morgan fingerprint density at radius 2 is 1.96 bits per heavy atom. The van der Waals surface area contributed by atoms with Crippen LogP contribution < -0.4 is 25.0 Å². The standard InChI is InChI=1S/C20H31N3O4/c1-5-27-17-11-10-15(12-18(17)26-4)13-23(3)14(2)19(24)22-20(25)21-16-8-6-7-9-16/h10-12,14,16H,5-9,13H2,1-4H3,(H2,21,22,24,25)/p+1/t14-/m0/s1. The first-order chi connectivity index (χ1) is 12.9. The van der Waals surface area contributed by atoms with Crippen LogP contribution in [0.25, 0.3) is 0 Å². The predicted octanol–water partition coefficient (Wildman–Crippen LogP) is 1.27. The van der Waals surface area contributed by atoms with Crippen LogP contribution in [0, 0.1) is 0 Å². The molecule has 1 unspecified atom stereocenters. The van der Waals surface area contributed by atoms with E-state index in [0.717, 1.165) is 36.1 Å². The van der Waals surface area contributed by atoms with Crippen molar-refractivity contribution in [2.45, 2.75) is 58.2 Å². The number of carbonyl (C=O) groups is 2. The van der Waals surface area contributed by atoms with E-state index in [4.69, 9.17) is 9.47 Å². The van der Waals surface area contributed by atoms with E-state index in [1.807, 2.05) is 39.1 Å². The van der Waals surface area contributed by atoms with Crippen molar-refractivity contribution >= 4 is 11.9 Å². The number of amides is 3. The predicted molar refractivity (Wildman–Crippen MR) is 103 cm³/mol. The Morgan fingerprint density at radius 3 is 2.59 bits per heavy atom. The van der Waals surface area contributed by atoms with Crippen LogP contribution in [0.2, 0.25) is 0 Å². The Labute approximate surface area is 161 Å². The number of hydrogen-bond acceptors (Lipinski definition) is 4. The van der Waals surface area contributed by atoms with Crippen molar-refractivity contribution in [2.75, 3.05) is 20.8 Å². The minimum absolute atomic E-state index is 0.189. The molecule has 3 N–H and O–H groups in total. The fraction of sp³-hybridized carbons (Fsp3) is 0.600. The van der Waals surface area contributed by atoms with Crippen molar-refractivity contribution in [2.24, 2.45) is 0 Å². The van der Waals surface area contributed by atoms with E-state index in [0.29, 0.717) is 24.7 Å². The second kappa shape index (κ2) is 10.2. The highest BCUT2D eigenvalue weighted by Crippen LogP contribution is 2.27. The summed E-state index contributed by atoms with van der Waals surface area (Å²) >= 11 is 0. The van der Waals surface area contributed by atoms with Gasteiger partial charge in [0.15, 0.2) is 17.5 Å². The van der Waals surface area contributed by atoms with E-state index in [-0.39, 0.29) is 18.0 Å².